The van der Waals surface area contributed by atoms with Crippen LogP contribution in [0.1, 0.15) is 27.7 Å². The van der Waals surface area contributed by atoms with Gasteiger partial charge in [-0.05, 0) is 25.7 Å². The zero-order valence-corrected chi connectivity index (χ0v) is 9.75. The van der Waals surface area contributed by atoms with E-state index in [1.807, 2.05) is 6.92 Å². The summed E-state index contributed by atoms with van der Waals surface area (Å²) in [6.45, 7) is 10.5. The van der Waals surface area contributed by atoms with Crippen molar-refractivity contribution in [1.82, 2.24) is 10.6 Å². The first kappa shape index (κ1) is 12.0. The number of rotatable bonds is 3. The predicted octanol–water partition coefficient (Wildman–Crippen LogP) is 0.589. The first-order valence-corrected chi connectivity index (χ1v) is 5.67. The van der Waals surface area contributed by atoms with Gasteiger partial charge in [-0.2, -0.15) is 0 Å². The highest BCUT2D eigenvalue weighted by atomic mass is 16.3. The highest BCUT2D eigenvalue weighted by Gasteiger charge is 2.28. The molecule has 0 aromatic rings. The fourth-order valence-electron chi connectivity index (χ4n) is 2.08. The number of aliphatic hydroxyl groups is 1. The lowest BCUT2D eigenvalue weighted by Gasteiger charge is -2.37. The largest absolute Gasteiger partial charge is 0.393 e. The first-order chi connectivity index (χ1) is 6.52. The molecule has 3 N–H and O–H groups in total. The van der Waals surface area contributed by atoms with E-state index in [1.54, 1.807) is 0 Å². The van der Waals surface area contributed by atoms with Crippen LogP contribution in [0.3, 0.4) is 0 Å². The standard InChI is InChI=1S/C11H24N2O/c1-7-5-12-6-11(13-7)9(3)8(2)10(4)14/h7-14H,5-6H2,1-4H3. The van der Waals surface area contributed by atoms with E-state index in [9.17, 15) is 5.11 Å². The molecule has 0 saturated carbocycles. The zero-order chi connectivity index (χ0) is 10.7. The molecule has 0 aromatic heterocycles. The molecule has 0 bridgehead atoms. The number of nitrogens with one attached hydrogen (secondary N) is 2. The second-order valence-electron chi connectivity index (χ2n) is 4.79. The predicted molar refractivity (Wildman–Crippen MR) is 59.3 cm³/mol. The van der Waals surface area contributed by atoms with Crippen LogP contribution in [0, 0.1) is 11.8 Å². The third-order valence-corrected chi connectivity index (χ3v) is 3.54. The fourth-order valence-corrected chi connectivity index (χ4v) is 2.08. The Bertz CT molecular complexity index is 173. The lowest BCUT2D eigenvalue weighted by atomic mass is 9.84. The topological polar surface area (TPSA) is 44.3 Å². The number of piperazine rings is 1. The molecular weight excluding hydrogens is 176 g/mol. The second kappa shape index (κ2) is 5.10. The van der Waals surface area contributed by atoms with Crippen LogP contribution in [0.15, 0.2) is 0 Å². The Morgan fingerprint density at radius 3 is 2.36 bits per heavy atom. The molecule has 0 radical (unpaired) electrons. The quantitative estimate of drug-likeness (QED) is 0.625. The van der Waals surface area contributed by atoms with Crippen LogP contribution < -0.4 is 10.6 Å². The summed E-state index contributed by atoms with van der Waals surface area (Å²) < 4.78 is 0. The van der Waals surface area contributed by atoms with E-state index in [0.29, 0.717) is 23.9 Å². The van der Waals surface area contributed by atoms with Gasteiger partial charge in [-0.15, -0.1) is 0 Å². The van der Waals surface area contributed by atoms with Gasteiger partial charge in [0.15, 0.2) is 0 Å². The molecule has 0 spiro atoms. The Morgan fingerprint density at radius 1 is 1.21 bits per heavy atom. The lowest BCUT2D eigenvalue weighted by Crippen LogP contribution is -2.57. The summed E-state index contributed by atoms with van der Waals surface area (Å²) in [5, 5.41) is 16.5. The van der Waals surface area contributed by atoms with Crippen LogP contribution in [0.4, 0.5) is 0 Å². The van der Waals surface area contributed by atoms with Gasteiger partial charge in [0.1, 0.15) is 0 Å². The van der Waals surface area contributed by atoms with Gasteiger partial charge in [0, 0.05) is 25.2 Å². The number of hydrogen-bond acceptors (Lipinski definition) is 3. The van der Waals surface area contributed by atoms with Crippen molar-refractivity contribution in [1.29, 1.82) is 0 Å². The Balaban J connectivity index is 2.46. The highest BCUT2D eigenvalue weighted by Crippen LogP contribution is 2.20. The average Bonchev–Trinajstić information content (AvgIpc) is 2.15. The van der Waals surface area contributed by atoms with E-state index in [2.05, 4.69) is 31.4 Å². The molecule has 1 fully saturated rings. The van der Waals surface area contributed by atoms with Crippen LogP contribution in [-0.2, 0) is 0 Å². The molecule has 3 heteroatoms. The van der Waals surface area contributed by atoms with Crippen LogP contribution in [-0.4, -0.2) is 36.4 Å². The number of aliphatic hydroxyl groups excluding tert-OH is 1. The molecule has 0 amide bonds. The minimum atomic E-state index is -0.218. The van der Waals surface area contributed by atoms with Crippen molar-refractivity contribution >= 4 is 0 Å². The highest BCUT2D eigenvalue weighted by molar-refractivity contribution is 4.87. The van der Waals surface area contributed by atoms with Crippen LogP contribution >= 0.6 is 0 Å². The third kappa shape index (κ3) is 2.94. The molecule has 5 unspecified atom stereocenters. The van der Waals surface area contributed by atoms with E-state index in [4.69, 9.17) is 0 Å². The van der Waals surface area contributed by atoms with Gasteiger partial charge < -0.3 is 15.7 Å². The van der Waals surface area contributed by atoms with Crippen molar-refractivity contribution in [2.45, 2.75) is 45.9 Å². The van der Waals surface area contributed by atoms with Crippen molar-refractivity contribution in [2.24, 2.45) is 11.8 Å². The molecule has 1 aliphatic heterocycles. The summed E-state index contributed by atoms with van der Waals surface area (Å²) >= 11 is 0. The minimum Gasteiger partial charge on any atom is -0.393 e. The molecule has 1 saturated heterocycles. The van der Waals surface area contributed by atoms with Gasteiger partial charge in [-0.25, -0.2) is 0 Å². The van der Waals surface area contributed by atoms with Gasteiger partial charge in [0.25, 0.3) is 0 Å². The molecule has 1 heterocycles. The van der Waals surface area contributed by atoms with Crippen molar-refractivity contribution in [3.05, 3.63) is 0 Å². The lowest BCUT2D eigenvalue weighted by molar-refractivity contribution is 0.0835. The summed E-state index contributed by atoms with van der Waals surface area (Å²) in [6.07, 6.45) is -0.218. The van der Waals surface area contributed by atoms with Crippen molar-refractivity contribution in [2.75, 3.05) is 13.1 Å². The monoisotopic (exact) mass is 200 g/mol. The van der Waals surface area contributed by atoms with Crippen molar-refractivity contribution < 1.29 is 5.11 Å². The summed E-state index contributed by atoms with van der Waals surface area (Å²) in [6, 6.07) is 1.03. The SMILES string of the molecule is CC1CNCC(C(C)C(C)C(C)O)N1. The van der Waals surface area contributed by atoms with E-state index in [0.717, 1.165) is 13.1 Å². The third-order valence-electron chi connectivity index (χ3n) is 3.54. The van der Waals surface area contributed by atoms with E-state index in [-0.39, 0.29) is 6.10 Å². The van der Waals surface area contributed by atoms with Crippen molar-refractivity contribution in [3.63, 3.8) is 0 Å². The molecule has 0 aliphatic carbocycles. The van der Waals surface area contributed by atoms with Gasteiger partial charge in [-0.1, -0.05) is 13.8 Å². The first-order valence-electron chi connectivity index (χ1n) is 5.67. The Kier molecular flexibility index (Phi) is 4.35. The van der Waals surface area contributed by atoms with E-state index >= 15 is 0 Å². The molecule has 14 heavy (non-hydrogen) atoms. The zero-order valence-electron chi connectivity index (χ0n) is 9.75. The van der Waals surface area contributed by atoms with Gasteiger partial charge in [0.05, 0.1) is 6.10 Å². The Hall–Kier alpha value is -0.120. The normalized spacial score (nSPS) is 34.9. The maximum absolute atomic E-state index is 9.54. The molecular formula is C11H24N2O. The van der Waals surface area contributed by atoms with Gasteiger partial charge in [-0.3, -0.25) is 0 Å². The minimum absolute atomic E-state index is 0.218. The smallest absolute Gasteiger partial charge is 0.0540 e. The van der Waals surface area contributed by atoms with Crippen LogP contribution in [0.5, 0.6) is 0 Å². The fraction of sp³-hybridized carbons (Fsp3) is 1.00. The molecule has 5 atom stereocenters. The molecule has 84 valence electrons. The Labute approximate surface area is 87.3 Å². The maximum atomic E-state index is 9.54. The summed E-state index contributed by atoms with van der Waals surface area (Å²) in [5.41, 5.74) is 0. The van der Waals surface area contributed by atoms with E-state index in [1.165, 1.54) is 0 Å². The van der Waals surface area contributed by atoms with Crippen LogP contribution in [0.25, 0.3) is 0 Å². The van der Waals surface area contributed by atoms with E-state index < -0.39 is 0 Å². The second-order valence-corrected chi connectivity index (χ2v) is 4.79. The Morgan fingerprint density at radius 2 is 1.86 bits per heavy atom. The average molecular weight is 200 g/mol. The summed E-state index contributed by atoms with van der Waals surface area (Å²) in [5.74, 6) is 0.852. The molecule has 3 nitrogen and oxygen atoms in total. The maximum Gasteiger partial charge on any atom is 0.0540 e. The van der Waals surface area contributed by atoms with Crippen LogP contribution in [0.2, 0.25) is 0 Å². The molecule has 1 aliphatic rings. The summed E-state index contributed by atoms with van der Waals surface area (Å²) in [4.78, 5) is 0. The van der Waals surface area contributed by atoms with Gasteiger partial charge >= 0.3 is 0 Å². The molecule has 0 aromatic carbocycles. The summed E-state index contributed by atoms with van der Waals surface area (Å²) in [7, 11) is 0. The number of hydrogen-bond donors (Lipinski definition) is 3. The van der Waals surface area contributed by atoms with Crippen molar-refractivity contribution in [3.8, 4) is 0 Å². The molecule has 1 rings (SSSR count). The van der Waals surface area contributed by atoms with Gasteiger partial charge in [0.2, 0.25) is 0 Å².